The van der Waals surface area contributed by atoms with Crippen molar-refractivity contribution in [3.8, 4) is 11.4 Å². The highest BCUT2D eigenvalue weighted by atomic mass is 19.1. The third-order valence-corrected chi connectivity index (χ3v) is 2.55. The van der Waals surface area contributed by atoms with Gasteiger partial charge >= 0.3 is 11.9 Å². The summed E-state index contributed by atoms with van der Waals surface area (Å²) < 4.78 is 27.2. The molecule has 1 heterocycles. The van der Waals surface area contributed by atoms with Crippen molar-refractivity contribution < 1.29 is 28.0 Å². The first-order chi connectivity index (χ1) is 11.1. The number of carbonyl (C=O) groups is 2. The lowest BCUT2D eigenvalue weighted by molar-refractivity contribution is -0.141. The first-order valence-corrected chi connectivity index (χ1v) is 6.68. The van der Waals surface area contributed by atoms with Gasteiger partial charge in [0.05, 0.1) is 6.61 Å². The van der Waals surface area contributed by atoms with Crippen LogP contribution in [-0.2, 0) is 25.7 Å². The van der Waals surface area contributed by atoms with Crippen LogP contribution in [0.2, 0.25) is 0 Å². The highest BCUT2D eigenvalue weighted by Crippen LogP contribution is 2.16. The number of hydrogen-bond donors (Lipinski definition) is 0. The minimum Gasteiger partial charge on any atom is -0.463 e. The van der Waals surface area contributed by atoms with Crippen LogP contribution in [0.25, 0.3) is 11.4 Å². The van der Waals surface area contributed by atoms with Crippen molar-refractivity contribution in [2.45, 2.75) is 13.5 Å². The monoisotopic (exact) mass is 320 g/mol. The van der Waals surface area contributed by atoms with Crippen molar-refractivity contribution in [1.82, 2.24) is 10.1 Å². The van der Waals surface area contributed by atoms with Crippen molar-refractivity contribution >= 4 is 11.9 Å². The van der Waals surface area contributed by atoms with Gasteiger partial charge in [0.15, 0.2) is 6.61 Å². The van der Waals surface area contributed by atoms with Gasteiger partial charge in [-0.25, -0.2) is 14.0 Å². The lowest BCUT2D eigenvalue weighted by Crippen LogP contribution is -2.04. The fraction of sp³-hybridized carbons (Fsp3) is 0.200. The van der Waals surface area contributed by atoms with Crippen LogP contribution in [0.5, 0.6) is 0 Å². The highest BCUT2D eigenvalue weighted by Gasteiger charge is 2.10. The van der Waals surface area contributed by atoms with E-state index < -0.39 is 11.9 Å². The quantitative estimate of drug-likeness (QED) is 0.594. The Kier molecular flexibility index (Phi) is 5.56. The molecule has 0 saturated heterocycles. The molecule has 2 rings (SSSR count). The van der Waals surface area contributed by atoms with E-state index >= 15 is 0 Å². The van der Waals surface area contributed by atoms with Crippen LogP contribution < -0.4 is 0 Å². The first kappa shape index (κ1) is 16.3. The average molecular weight is 320 g/mol. The van der Waals surface area contributed by atoms with Gasteiger partial charge in [0.25, 0.3) is 5.89 Å². The topological polar surface area (TPSA) is 91.5 Å². The van der Waals surface area contributed by atoms with Crippen molar-refractivity contribution in [3.63, 3.8) is 0 Å². The number of aromatic nitrogens is 2. The van der Waals surface area contributed by atoms with Crippen molar-refractivity contribution in [3.05, 3.63) is 48.1 Å². The molecule has 0 aliphatic carbocycles. The Hall–Kier alpha value is -3.03. The van der Waals surface area contributed by atoms with Crippen LogP contribution >= 0.6 is 0 Å². The van der Waals surface area contributed by atoms with E-state index in [9.17, 15) is 14.0 Å². The maximum atomic E-state index is 12.8. The second kappa shape index (κ2) is 7.83. The predicted molar refractivity (Wildman–Crippen MR) is 75.3 cm³/mol. The van der Waals surface area contributed by atoms with E-state index in [0.29, 0.717) is 5.56 Å². The third kappa shape index (κ3) is 5.03. The predicted octanol–water partition coefficient (Wildman–Crippen LogP) is 2.04. The molecule has 0 fully saturated rings. The number of hydrogen-bond acceptors (Lipinski definition) is 7. The largest absolute Gasteiger partial charge is 0.463 e. The van der Waals surface area contributed by atoms with Crippen LogP contribution in [0, 0.1) is 5.82 Å². The maximum Gasteiger partial charge on any atom is 0.331 e. The molecule has 0 bridgehead atoms. The Morgan fingerprint density at radius 2 is 1.83 bits per heavy atom. The van der Waals surface area contributed by atoms with Gasteiger partial charge in [-0.15, -0.1) is 0 Å². The van der Waals surface area contributed by atoms with Gasteiger partial charge in [-0.05, 0) is 31.2 Å². The molecule has 0 N–H and O–H groups in total. The molecule has 2 aromatic rings. The molecule has 120 valence electrons. The lowest BCUT2D eigenvalue weighted by atomic mass is 10.2. The summed E-state index contributed by atoms with van der Waals surface area (Å²) in [5.74, 6) is -1.44. The molecular formula is C15H13FN2O5. The maximum absolute atomic E-state index is 12.8. The van der Waals surface area contributed by atoms with E-state index in [2.05, 4.69) is 14.9 Å². The molecule has 0 radical (unpaired) electrons. The van der Waals surface area contributed by atoms with Crippen LogP contribution in [0.15, 0.2) is 40.9 Å². The summed E-state index contributed by atoms with van der Waals surface area (Å²) in [4.78, 5) is 26.4. The number of esters is 2. The summed E-state index contributed by atoms with van der Waals surface area (Å²) in [7, 11) is 0. The van der Waals surface area contributed by atoms with E-state index in [-0.39, 0.29) is 30.7 Å². The van der Waals surface area contributed by atoms with Gasteiger partial charge in [0, 0.05) is 17.7 Å². The zero-order valence-electron chi connectivity index (χ0n) is 12.2. The van der Waals surface area contributed by atoms with E-state index in [4.69, 9.17) is 9.26 Å². The molecule has 7 nitrogen and oxygen atoms in total. The minimum atomic E-state index is -0.750. The number of rotatable bonds is 6. The van der Waals surface area contributed by atoms with E-state index in [1.54, 1.807) is 6.92 Å². The second-order valence-electron chi connectivity index (χ2n) is 4.21. The number of ether oxygens (including phenoxy) is 2. The van der Waals surface area contributed by atoms with Crippen LogP contribution in [-0.4, -0.2) is 28.7 Å². The summed E-state index contributed by atoms with van der Waals surface area (Å²) in [6.07, 6.45) is 1.90. The minimum absolute atomic E-state index is 0.0715. The van der Waals surface area contributed by atoms with Gasteiger partial charge in [-0.3, -0.25) is 0 Å². The zero-order chi connectivity index (χ0) is 16.7. The van der Waals surface area contributed by atoms with Gasteiger partial charge in [0.1, 0.15) is 5.82 Å². The zero-order valence-corrected chi connectivity index (χ0v) is 12.2. The van der Waals surface area contributed by atoms with Gasteiger partial charge in [0.2, 0.25) is 5.82 Å². The van der Waals surface area contributed by atoms with Crippen LogP contribution in [0.1, 0.15) is 12.8 Å². The average Bonchev–Trinajstić information content (AvgIpc) is 3.01. The molecule has 0 unspecified atom stereocenters. The molecule has 23 heavy (non-hydrogen) atoms. The number of benzene rings is 1. The third-order valence-electron chi connectivity index (χ3n) is 2.55. The molecule has 0 amide bonds. The Labute approximate surface area is 130 Å². The summed E-state index contributed by atoms with van der Waals surface area (Å²) in [6, 6.07) is 5.53. The van der Waals surface area contributed by atoms with Crippen LogP contribution in [0.4, 0.5) is 4.39 Å². The lowest BCUT2D eigenvalue weighted by Gasteiger charge is -1.97. The van der Waals surface area contributed by atoms with Gasteiger partial charge in [-0.2, -0.15) is 4.98 Å². The summed E-state index contributed by atoms with van der Waals surface area (Å²) in [6.45, 7) is 1.62. The Bertz CT molecular complexity index is 709. The molecule has 1 aromatic carbocycles. The fourth-order valence-corrected chi connectivity index (χ4v) is 1.54. The molecular weight excluding hydrogens is 307 g/mol. The molecule has 0 aliphatic heterocycles. The SMILES string of the molecule is CCOC(=O)/C=C/C(=O)OCc1nc(-c2ccc(F)cc2)no1. The van der Waals surface area contributed by atoms with Crippen molar-refractivity contribution in [1.29, 1.82) is 0 Å². The normalized spacial score (nSPS) is 10.7. The van der Waals surface area contributed by atoms with Gasteiger partial charge in [-0.1, -0.05) is 5.16 Å². The Morgan fingerprint density at radius 3 is 2.48 bits per heavy atom. The molecule has 0 aliphatic rings. The molecule has 0 atom stereocenters. The standard InChI is InChI=1S/C15H13FN2O5/c1-2-21-13(19)7-8-14(20)22-9-12-17-15(18-23-12)10-3-5-11(16)6-4-10/h3-8H,2,9H2,1H3/b8-7+. The van der Waals surface area contributed by atoms with Gasteiger partial charge < -0.3 is 14.0 Å². The molecule has 0 spiro atoms. The second-order valence-corrected chi connectivity index (χ2v) is 4.21. The molecule has 0 saturated carbocycles. The molecule has 8 heteroatoms. The first-order valence-electron chi connectivity index (χ1n) is 6.68. The fourth-order valence-electron chi connectivity index (χ4n) is 1.54. The van der Waals surface area contributed by atoms with Crippen LogP contribution in [0.3, 0.4) is 0 Å². The Balaban J connectivity index is 1.88. The van der Waals surface area contributed by atoms with E-state index in [1.807, 2.05) is 0 Å². The molecule has 1 aromatic heterocycles. The highest BCUT2D eigenvalue weighted by molar-refractivity contribution is 5.91. The summed E-state index contributed by atoms with van der Waals surface area (Å²) in [5, 5.41) is 3.70. The van der Waals surface area contributed by atoms with Crippen molar-refractivity contribution in [2.75, 3.05) is 6.61 Å². The van der Waals surface area contributed by atoms with E-state index in [0.717, 1.165) is 12.2 Å². The summed E-state index contributed by atoms with van der Waals surface area (Å²) >= 11 is 0. The number of nitrogens with zero attached hydrogens (tertiary/aromatic N) is 2. The van der Waals surface area contributed by atoms with Crippen molar-refractivity contribution in [2.24, 2.45) is 0 Å². The summed E-state index contributed by atoms with van der Waals surface area (Å²) in [5.41, 5.74) is 0.565. The Morgan fingerprint density at radius 1 is 1.17 bits per heavy atom. The number of carbonyl (C=O) groups excluding carboxylic acids is 2. The van der Waals surface area contributed by atoms with E-state index in [1.165, 1.54) is 24.3 Å². The number of halogens is 1. The smallest absolute Gasteiger partial charge is 0.331 e.